The molecule has 0 radical (unpaired) electrons. The normalized spacial score (nSPS) is 14.0. The Hall–Kier alpha value is -1.26. The average molecular weight is 230 g/mol. The molecule has 5 nitrogen and oxygen atoms in total. The molecule has 16 heavy (non-hydrogen) atoms. The molecule has 0 rings (SSSR count). The summed E-state index contributed by atoms with van der Waals surface area (Å²) in [6.07, 6.45) is 1.94. The van der Waals surface area contributed by atoms with E-state index in [-0.39, 0.29) is 18.6 Å². The highest BCUT2D eigenvalue weighted by atomic mass is 16.4. The standard InChI is InChI=1S/C11H22N2O3/c1-5-6-9(3)12-11(16)13(4)7-8(2)10(14)15/h8-9H,5-7H2,1-4H3,(H,12,16)(H,14,15). The van der Waals surface area contributed by atoms with E-state index in [1.165, 1.54) is 4.90 Å². The van der Waals surface area contributed by atoms with E-state index in [2.05, 4.69) is 12.2 Å². The molecule has 0 aliphatic rings. The van der Waals surface area contributed by atoms with Gasteiger partial charge in [0.15, 0.2) is 0 Å². The molecule has 0 aromatic rings. The number of urea groups is 1. The first-order valence-corrected chi connectivity index (χ1v) is 5.62. The Bertz CT molecular complexity index is 243. The number of rotatable bonds is 6. The molecule has 0 aliphatic carbocycles. The maximum atomic E-state index is 11.6. The molecule has 5 heteroatoms. The second-order valence-electron chi connectivity index (χ2n) is 4.26. The third-order valence-corrected chi connectivity index (χ3v) is 2.41. The first-order valence-electron chi connectivity index (χ1n) is 5.62. The third-order valence-electron chi connectivity index (χ3n) is 2.41. The van der Waals surface area contributed by atoms with Gasteiger partial charge in [-0.3, -0.25) is 4.79 Å². The van der Waals surface area contributed by atoms with Crippen LogP contribution in [-0.2, 0) is 4.79 Å². The molecule has 0 aromatic heterocycles. The lowest BCUT2D eigenvalue weighted by atomic mass is 10.2. The van der Waals surface area contributed by atoms with Gasteiger partial charge in [-0.2, -0.15) is 0 Å². The van der Waals surface area contributed by atoms with Crippen LogP contribution in [0.2, 0.25) is 0 Å². The van der Waals surface area contributed by atoms with Crippen LogP contribution in [-0.4, -0.2) is 41.6 Å². The fourth-order valence-corrected chi connectivity index (χ4v) is 1.40. The van der Waals surface area contributed by atoms with Gasteiger partial charge >= 0.3 is 12.0 Å². The van der Waals surface area contributed by atoms with Gasteiger partial charge in [-0.15, -0.1) is 0 Å². The zero-order valence-corrected chi connectivity index (χ0v) is 10.5. The fraction of sp³-hybridized carbons (Fsp3) is 0.818. The smallest absolute Gasteiger partial charge is 0.317 e. The van der Waals surface area contributed by atoms with Crippen LogP contribution in [0.25, 0.3) is 0 Å². The van der Waals surface area contributed by atoms with E-state index in [1.807, 2.05) is 6.92 Å². The molecule has 0 heterocycles. The maximum absolute atomic E-state index is 11.6. The van der Waals surface area contributed by atoms with Crippen molar-refractivity contribution in [3.63, 3.8) is 0 Å². The van der Waals surface area contributed by atoms with Gasteiger partial charge in [0.2, 0.25) is 0 Å². The lowest BCUT2D eigenvalue weighted by molar-refractivity contribution is -0.141. The van der Waals surface area contributed by atoms with Gasteiger partial charge in [-0.25, -0.2) is 4.79 Å². The van der Waals surface area contributed by atoms with E-state index < -0.39 is 11.9 Å². The van der Waals surface area contributed by atoms with Crippen LogP contribution < -0.4 is 5.32 Å². The number of hydrogen-bond donors (Lipinski definition) is 2. The lowest BCUT2D eigenvalue weighted by Gasteiger charge is -2.22. The maximum Gasteiger partial charge on any atom is 0.317 e. The molecule has 0 saturated carbocycles. The minimum Gasteiger partial charge on any atom is -0.481 e. The van der Waals surface area contributed by atoms with Crippen LogP contribution in [0.4, 0.5) is 4.79 Å². The first-order chi connectivity index (χ1) is 7.38. The highest BCUT2D eigenvalue weighted by Gasteiger charge is 2.17. The summed E-state index contributed by atoms with van der Waals surface area (Å²) in [5.74, 6) is -1.43. The van der Waals surface area contributed by atoms with Gasteiger partial charge in [0.25, 0.3) is 0 Å². The Morgan fingerprint density at radius 1 is 1.38 bits per heavy atom. The first kappa shape index (κ1) is 14.7. The molecule has 0 fully saturated rings. The summed E-state index contributed by atoms with van der Waals surface area (Å²) in [5.41, 5.74) is 0. The Balaban J connectivity index is 4.03. The monoisotopic (exact) mass is 230 g/mol. The van der Waals surface area contributed by atoms with Gasteiger partial charge in [0, 0.05) is 19.6 Å². The number of carbonyl (C=O) groups excluding carboxylic acids is 1. The van der Waals surface area contributed by atoms with E-state index >= 15 is 0 Å². The predicted octanol–water partition coefficient (Wildman–Crippen LogP) is 1.54. The second-order valence-corrected chi connectivity index (χ2v) is 4.26. The van der Waals surface area contributed by atoms with Crippen LogP contribution in [0.5, 0.6) is 0 Å². The molecule has 0 bridgehead atoms. The average Bonchev–Trinajstić information content (AvgIpc) is 2.17. The van der Waals surface area contributed by atoms with Crippen molar-refractivity contribution < 1.29 is 14.7 Å². The van der Waals surface area contributed by atoms with Crippen molar-refractivity contribution in [1.82, 2.24) is 10.2 Å². The molecule has 2 atom stereocenters. The molecule has 0 aliphatic heterocycles. The molecule has 0 aromatic carbocycles. The number of carboxylic acids is 1. The largest absolute Gasteiger partial charge is 0.481 e. The van der Waals surface area contributed by atoms with Gasteiger partial charge < -0.3 is 15.3 Å². The van der Waals surface area contributed by atoms with Crippen LogP contribution in [0.1, 0.15) is 33.6 Å². The summed E-state index contributed by atoms with van der Waals surface area (Å²) < 4.78 is 0. The van der Waals surface area contributed by atoms with Crippen LogP contribution in [0.15, 0.2) is 0 Å². The number of carbonyl (C=O) groups is 2. The Kier molecular flexibility index (Phi) is 6.53. The SMILES string of the molecule is CCCC(C)NC(=O)N(C)CC(C)C(=O)O. The topological polar surface area (TPSA) is 69.6 Å². The van der Waals surface area contributed by atoms with E-state index in [9.17, 15) is 9.59 Å². The zero-order valence-electron chi connectivity index (χ0n) is 10.5. The Morgan fingerprint density at radius 3 is 2.38 bits per heavy atom. The summed E-state index contributed by atoms with van der Waals surface area (Å²) in [5, 5.41) is 11.5. The minimum absolute atomic E-state index is 0.125. The van der Waals surface area contributed by atoms with Crippen LogP contribution in [0.3, 0.4) is 0 Å². The summed E-state index contributed by atoms with van der Waals surface area (Å²) in [6.45, 7) is 5.80. The molecular weight excluding hydrogens is 208 g/mol. The molecule has 2 N–H and O–H groups in total. The Morgan fingerprint density at radius 2 is 1.94 bits per heavy atom. The van der Waals surface area contributed by atoms with E-state index in [0.717, 1.165) is 12.8 Å². The molecular formula is C11H22N2O3. The molecule has 0 spiro atoms. The lowest BCUT2D eigenvalue weighted by Crippen LogP contribution is -2.44. The fourth-order valence-electron chi connectivity index (χ4n) is 1.40. The number of nitrogens with one attached hydrogen (secondary N) is 1. The highest BCUT2D eigenvalue weighted by molar-refractivity contribution is 5.75. The summed E-state index contributed by atoms with van der Waals surface area (Å²) in [7, 11) is 1.60. The van der Waals surface area contributed by atoms with Gasteiger partial charge in [-0.05, 0) is 13.3 Å². The minimum atomic E-state index is -0.888. The number of aliphatic carboxylic acids is 1. The zero-order chi connectivity index (χ0) is 12.7. The van der Waals surface area contributed by atoms with Crippen molar-refractivity contribution in [2.24, 2.45) is 5.92 Å². The number of nitrogens with zero attached hydrogens (tertiary/aromatic N) is 1. The van der Waals surface area contributed by atoms with Crippen molar-refractivity contribution in [3.8, 4) is 0 Å². The number of hydrogen-bond acceptors (Lipinski definition) is 2. The van der Waals surface area contributed by atoms with Crippen molar-refractivity contribution >= 4 is 12.0 Å². The molecule has 2 unspecified atom stereocenters. The van der Waals surface area contributed by atoms with Crippen molar-refractivity contribution in [3.05, 3.63) is 0 Å². The summed E-state index contributed by atoms with van der Waals surface area (Å²) in [6, 6.07) is -0.0888. The van der Waals surface area contributed by atoms with E-state index in [0.29, 0.717) is 0 Å². The van der Waals surface area contributed by atoms with Crippen molar-refractivity contribution in [1.29, 1.82) is 0 Å². The van der Waals surface area contributed by atoms with Gasteiger partial charge in [0.05, 0.1) is 5.92 Å². The predicted molar refractivity (Wildman–Crippen MR) is 62.3 cm³/mol. The van der Waals surface area contributed by atoms with E-state index in [4.69, 9.17) is 5.11 Å². The van der Waals surface area contributed by atoms with Crippen LogP contribution in [0, 0.1) is 5.92 Å². The Labute approximate surface area is 96.8 Å². The quantitative estimate of drug-likeness (QED) is 0.727. The highest BCUT2D eigenvalue weighted by Crippen LogP contribution is 2.00. The van der Waals surface area contributed by atoms with Crippen molar-refractivity contribution in [2.75, 3.05) is 13.6 Å². The van der Waals surface area contributed by atoms with Crippen molar-refractivity contribution in [2.45, 2.75) is 39.7 Å². The van der Waals surface area contributed by atoms with Gasteiger partial charge in [-0.1, -0.05) is 20.3 Å². The summed E-state index contributed by atoms with van der Waals surface area (Å²) >= 11 is 0. The van der Waals surface area contributed by atoms with Crippen LogP contribution >= 0.6 is 0 Å². The summed E-state index contributed by atoms with van der Waals surface area (Å²) in [4.78, 5) is 23.6. The molecule has 0 saturated heterocycles. The number of amides is 2. The molecule has 2 amide bonds. The van der Waals surface area contributed by atoms with Gasteiger partial charge in [0.1, 0.15) is 0 Å². The van der Waals surface area contributed by atoms with E-state index in [1.54, 1.807) is 14.0 Å². The second kappa shape index (κ2) is 7.09. The molecule has 94 valence electrons. The number of carboxylic acid groups (broad SMARTS) is 1. The third kappa shape index (κ3) is 5.58.